The Morgan fingerprint density at radius 1 is 0.941 bits per heavy atom. The summed E-state index contributed by atoms with van der Waals surface area (Å²) in [4.78, 5) is 3.93. The maximum atomic E-state index is 7.88. The Kier molecular flexibility index (Phi) is 30.7. The highest BCUT2D eigenvalue weighted by Gasteiger charge is 1.85. The molecular weight excluding hydrogens is 210 g/mol. The topological polar surface area (TPSA) is 33.1 Å². The van der Waals surface area contributed by atoms with Gasteiger partial charge in [0.2, 0.25) is 0 Å². The van der Waals surface area contributed by atoms with Gasteiger partial charge in [0.15, 0.2) is 0 Å². The summed E-state index contributed by atoms with van der Waals surface area (Å²) >= 11 is 0. The molecule has 1 heterocycles. The second kappa shape index (κ2) is 24.4. The fraction of sp³-hybridized carbons (Fsp3) is 0.667. The van der Waals surface area contributed by atoms with Crippen molar-refractivity contribution < 1.29 is 5.11 Å². The van der Waals surface area contributed by atoms with E-state index in [4.69, 9.17) is 5.11 Å². The van der Waals surface area contributed by atoms with Gasteiger partial charge in [-0.3, -0.25) is 4.98 Å². The molecule has 0 fully saturated rings. The molecule has 17 heavy (non-hydrogen) atoms. The van der Waals surface area contributed by atoms with Gasteiger partial charge in [-0.2, -0.15) is 0 Å². The predicted octanol–water partition coefficient (Wildman–Crippen LogP) is 4.48. The lowest BCUT2D eigenvalue weighted by Crippen LogP contribution is -1.80. The number of aliphatic hydroxyl groups excluding tert-OH is 1. The van der Waals surface area contributed by atoms with E-state index < -0.39 is 0 Å². The summed E-state index contributed by atoms with van der Waals surface area (Å²) in [6.45, 7) is 12.4. The smallest absolute Gasteiger partial charge is 0.0428 e. The molecule has 0 aliphatic heterocycles. The van der Waals surface area contributed by atoms with Crippen LogP contribution in [-0.2, 0) is 6.42 Å². The highest BCUT2D eigenvalue weighted by Crippen LogP contribution is 1.98. The average molecular weight is 241 g/mol. The van der Waals surface area contributed by atoms with Crippen molar-refractivity contribution in [2.45, 2.75) is 60.8 Å². The van der Waals surface area contributed by atoms with Crippen LogP contribution in [0.25, 0.3) is 0 Å². The average Bonchev–Trinajstić information content (AvgIpc) is 2.45. The Labute approximate surface area is 108 Å². The van der Waals surface area contributed by atoms with E-state index in [0.717, 1.165) is 6.42 Å². The summed E-state index contributed by atoms with van der Waals surface area (Å²) in [7, 11) is 0. The van der Waals surface area contributed by atoms with Crippen LogP contribution in [0.4, 0.5) is 0 Å². The van der Waals surface area contributed by atoms with Crippen molar-refractivity contribution in [3.8, 4) is 0 Å². The van der Waals surface area contributed by atoms with Crippen LogP contribution >= 0.6 is 0 Å². The molecule has 2 heteroatoms. The van der Waals surface area contributed by atoms with Gasteiger partial charge in [-0.25, -0.2) is 0 Å². The molecule has 0 spiro atoms. The summed E-state index contributed by atoms with van der Waals surface area (Å²) in [6.07, 6.45) is 6.93. The molecule has 1 aromatic rings. The molecule has 1 rings (SSSR count). The van der Waals surface area contributed by atoms with Gasteiger partial charge in [0.05, 0.1) is 0 Å². The van der Waals surface area contributed by atoms with Crippen LogP contribution in [0.1, 0.15) is 59.9 Å². The first kappa shape index (κ1) is 21.4. The van der Waals surface area contributed by atoms with Gasteiger partial charge in [-0.1, -0.05) is 48.0 Å². The SMILES string of the molecule is CC.CC.CCCO.CCCc1ccncc1. The molecule has 0 amide bonds. The van der Waals surface area contributed by atoms with E-state index >= 15 is 0 Å². The van der Waals surface area contributed by atoms with E-state index in [2.05, 4.69) is 24.0 Å². The third kappa shape index (κ3) is 21.0. The van der Waals surface area contributed by atoms with Crippen LogP contribution in [0, 0.1) is 0 Å². The summed E-state index contributed by atoms with van der Waals surface area (Å²) in [6, 6.07) is 4.12. The van der Waals surface area contributed by atoms with Gasteiger partial charge < -0.3 is 5.11 Å². The fourth-order valence-corrected chi connectivity index (χ4v) is 0.838. The summed E-state index contributed by atoms with van der Waals surface area (Å²) in [5, 5.41) is 7.88. The number of hydrogen-bond acceptors (Lipinski definition) is 2. The van der Waals surface area contributed by atoms with Gasteiger partial charge in [0.1, 0.15) is 0 Å². The summed E-state index contributed by atoms with van der Waals surface area (Å²) in [5.41, 5.74) is 1.38. The lowest BCUT2D eigenvalue weighted by molar-refractivity contribution is 0.295. The van der Waals surface area contributed by atoms with Crippen molar-refractivity contribution in [3.63, 3.8) is 0 Å². The number of aliphatic hydroxyl groups is 1. The fourth-order valence-electron chi connectivity index (χ4n) is 0.838. The molecule has 1 N–H and O–H groups in total. The van der Waals surface area contributed by atoms with E-state index in [0.29, 0.717) is 6.61 Å². The zero-order valence-corrected chi connectivity index (χ0v) is 12.5. The Hall–Kier alpha value is -0.890. The van der Waals surface area contributed by atoms with Gasteiger partial charge in [-0.05, 0) is 30.5 Å². The maximum Gasteiger partial charge on any atom is 0.0428 e. The number of hydrogen-bond donors (Lipinski definition) is 1. The van der Waals surface area contributed by atoms with Crippen molar-refractivity contribution in [3.05, 3.63) is 30.1 Å². The lowest BCUT2D eigenvalue weighted by atomic mass is 10.2. The normalized spacial score (nSPS) is 7.47. The maximum absolute atomic E-state index is 7.88. The number of aryl methyl sites for hydroxylation is 1. The molecule has 0 aromatic carbocycles. The minimum Gasteiger partial charge on any atom is -0.396 e. The monoisotopic (exact) mass is 241 g/mol. The third-order valence-corrected chi connectivity index (χ3v) is 1.51. The van der Waals surface area contributed by atoms with Gasteiger partial charge in [0.25, 0.3) is 0 Å². The standard InChI is InChI=1S/C8H11N.C3H8O.2C2H6/c1-2-3-8-4-6-9-7-5-8;1-2-3-4;2*1-2/h4-7H,2-3H2,1H3;4H,2-3H2,1H3;2*1-2H3. The molecule has 0 aliphatic rings. The Balaban J connectivity index is -0.000000208. The summed E-state index contributed by atoms with van der Waals surface area (Å²) in [5.74, 6) is 0. The van der Waals surface area contributed by atoms with Gasteiger partial charge in [-0.15, -0.1) is 0 Å². The van der Waals surface area contributed by atoms with Crippen molar-refractivity contribution in [1.82, 2.24) is 4.98 Å². The van der Waals surface area contributed by atoms with E-state index in [1.807, 2.05) is 47.0 Å². The molecule has 0 saturated heterocycles. The third-order valence-electron chi connectivity index (χ3n) is 1.51. The molecular formula is C15H31NO. The molecule has 0 unspecified atom stereocenters. The van der Waals surface area contributed by atoms with Crippen molar-refractivity contribution in [2.24, 2.45) is 0 Å². The molecule has 0 aliphatic carbocycles. The van der Waals surface area contributed by atoms with Gasteiger partial charge >= 0.3 is 0 Å². The first-order chi connectivity index (χ1) is 8.35. The van der Waals surface area contributed by atoms with E-state index in [1.165, 1.54) is 18.4 Å². The second-order valence-corrected chi connectivity index (χ2v) is 2.83. The van der Waals surface area contributed by atoms with Crippen molar-refractivity contribution in [2.75, 3.05) is 6.61 Å². The van der Waals surface area contributed by atoms with Crippen LogP contribution < -0.4 is 0 Å². The summed E-state index contributed by atoms with van der Waals surface area (Å²) < 4.78 is 0. The van der Waals surface area contributed by atoms with Crippen LogP contribution in [0.2, 0.25) is 0 Å². The molecule has 0 radical (unpaired) electrons. The van der Waals surface area contributed by atoms with Crippen molar-refractivity contribution >= 4 is 0 Å². The Morgan fingerprint density at radius 3 is 1.65 bits per heavy atom. The second-order valence-electron chi connectivity index (χ2n) is 2.83. The van der Waals surface area contributed by atoms with Crippen LogP contribution in [0.5, 0.6) is 0 Å². The van der Waals surface area contributed by atoms with Crippen molar-refractivity contribution in [1.29, 1.82) is 0 Å². The van der Waals surface area contributed by atoms with E-state index in [9.17, 15) is 0 Å². The minimum absolute atomic E-state index is 0.319. The lowest BCUT2D eigenvalue weighted by Gasteiger charge is -1.93. The molecule has 0 bridgehead atoms. The predicted molar refractivity (Wildman–Crippen MR) is 78.3 cm³/mol. The highest BCUT2D eigenvalue weighted by atomic mass is 16.2. The Bertz CT molecular complexity index is 185. The first-order valence-corrected chi connectivity index (χ1v) is 6.84. The first-order valence-electron chi connectivity index (χ1n) is 6.84. The largest absolute Gasteiger partial charge is 0.396 e. The molecule has 1 aromatic heterocycles. The number of aromatic nitrogens is 1. The highest BCUT2D eigenvalue weighted by molar-refractivity contribution is 5.09. The molecule has 0 saturated carbocycles. The van der Waals surface area contributed by atoms with Crippen LogP contribution in [-0.4, -0.2) is 16.7 Å². The number of rotatable bonds is 3. The minimum atomic E-state index is 0.319. The van der Waals surface area contributed by atoms with Gasteiger partial charge in [0, 0.05) is 19.0 Å². The number of pyridine rings is 1. The molecule has 102 valence electrons. The quantitative estimate of drug-likeness (QED) is 0.846. The number of nitrogens with zero attached hydrogens (tertiary/aromatic N) is 1. The zero-order valence-electron chi connectivity index (χ0n) is 12.5. The van der Waals surface area contributed by atoms with Crippen LogP contribution in [0.15, 0.2) is 24.5 Å². The molecule has 2 nitrogen and oxygen atoms in total. The van der Waals surface area contributed by atoms with E-state index in [-0.39, 0.29) is 0 Å². The van der Waals surface area contributed by atoms with Crippen LogP contribution in [0.3, 0.4) is 0 Å². The van der Waals surface area contributed by atoms with E-state index in [1.54, 1.807) is 0 Å². The molecule has 0 atom stereocenters. The Morgan fingerprint density at radius 2 is 1.35 bits per heavy atom. The zero-order chi connectivity index (χ0) is 13.9.